The van der Waals surface area contributed by atoms with E-state index in [2.05, 4.69) is 6.58 Å². The van der Waals surface area contributed by atoms with Crippen LogP contribution in [0.2, 0.25) is 0 Å². The molecule has 1 aromatic rings. The molecule has 0 saturated carbocycles. The number of benzene rings is 1. The van der Waals surface area contributed by atoms with Crippen LogP contribution in [0, 0.1) is 5.82 Å². The molecule has 0 saturated heterocycles. The Morgan fingerprint density at radius 2 is 1.77 bits per heavy atom. The fourth-order valence-corrected chi connectivity index (χ4v) is 1.03. The summed E-state index contributed by atoms with van der Waals surface area (Å²) in [6, 6.07) is 2.82. The van der Waals surface area contributed by atoms with Crippen LogP contribution in [0.4, 0.5) is 4.39 Å². The lowest BCUT2D eigenvalue weighted by atomic mass is 10.2. The standard InChI is InChI=1S/C10H11FO2/c1-4-7-5-9(12-2)10(13-3)6-8(7)11/h4-6H,1H2,2-3H3. The van der Waals surface area contributed by atoms with Gasteiger partial charge in [0, 0.05) is 11.6 Å². The normalized spacial score (nSPS) is 9.46. The summed E-state index contributed by atoms with van der Waals surface area (Å²) in [6.07, 6.45) is 1.43. The summed E-state index contributed by atoms with van der Waals surface area (Å²) >= 11 is 0. The summed E-state index contributed by atoms with van der Waals surface area (Å²) in [5.74, 6) is 0.511. The lowest BCUT2D eigenvalue weighted by Gasteiger charge is -2.08. The summed E-state index contributed by atoms with van der Waals surface area (Å²) in [6.45, 7) is 3.49. The maximum atomic E-state index is 13.1. The predicted octanol–water partition coefficient (Wildman–Crippen LogP) is 2.49. The molecule has 0 N–H and O–H groups in total. The Kier molecular flexibility index (Phi) is 2.90. The molecule has 0 radical (unpaired) electrons. The van der Waals surface area contributed by atoms with E-state index in [0.29, 0.717) is 17.1 Å². The minimum atomic E-state index is -0.368. The van der Waals surface area contributed by atoms with E-state index < -0.39 is 0 Å². The van der Waals surface area contributed by atoms with Gasteiger partial charge in [0.2, 0.25) is 0 Å². The van der Waals surface area contributed by atoms with Crippen molar-refractivity contribution in [3.05, 3.63) is 30.1 Å². The summed E-state index contributed by atoms with van der Waals surface area (Å²) in [7, 11) is 2.97. The molecule has 0 aromatic heterocycles. The molecular weight excluding hydrogens is 171 g/mol. The van der Waals surface area contributed by atoms with Crippen LogP contribution in [0.3, 0.4) is 0 Å². The Bertz CT molecular complexity index is 321. The van der Waals surface area contributed by atoms with E-state index in [1.54, 1.807) is 6.07 Å². The first-order valence-electron chi connectivity index (χ1n) is 3.77. The van der Waals surface area contributed by atoms with Crippen molar-refractivity contribution in [2.45, 2.75) is 0 Å². The van der Waals surface area contributed by atoms with Gasteiger partial charge in [-0.1, -0.05) is 12.7 Å². The molecule has 2 nitrogen and oxygen atoms in total. The van der Waals surface area contributed by atoms with Crippen molar-refractivity contribution in [2.24, 2.45) is 0 Å². The zero-order valence-corrected chi connectivity index (χ0v) is 7.63. The maximum Gasteiger partial charge on any atom is 0.163 e. The first-order chi connectivity index (χ1) is 6.22. The molecule has 0 aliphatic carbocycles. The van der Waals surface area contributed by atoms with Crippen molar-refractivity contribution in [1.29, 1.82) is 0 Å². The van der Waals surface area contributed by atoms with Gasteiger partial charge >= 0.3 is 0 Å². The highest BCUT2D eigenvalue weighted by molar-refractivity contribution is 5.55. The second kappa shape index (κ2) is 3.94. The van der Waals surface area contributed by atoms with Gasteiger partial charge in [-0.25, -0.2) is 4.39 Å². The van der Waals surface area contributed by atoms with Crippen molar-refractivity contribution in [2.75, 3.05) is 14.2 Å². The highest BCUT2D eigenvalue weighted by Crippen LogP contribution is 2.29. The van der Waals surface area contributed by atoms with E-state index in [4.69, 9.17) is 9.47 Å². The highest BCUT2D eigenvalue weighted by atomic mass is 19.1. The largest absolute Gasteiger partial charge is 0.493 e. The second-order valence-electron chi connectivity index (χ2n) is 2.43. The van der Waals surface area contributed by atoms with Crippen LogP contribution in [0.5, 0.6) is 11.5 Å². The van der Waals surface area contributed by atoms with E-state index in [0.717, 1.165) is 0 Å². The van der Waals surface area contributed by atoms with Crippen LogP contribution in [-0.4, -0.2) is 14.2 Å². The van der Waals surface area contributed by atoms with Gasteiger partial charge in [-0.2, -0.15) is 0 Å². The molecule has 1 rings (SSSR count). The van der Waals surface area contributed by atoms with Crippen LogP contribution in [0.15, 0.2) is 18.7 Å². The number of rotatable bonds is 3. The fraction of sp³-hybridized carbons (Fsp3) is 0.200. The van der Waals surface area contributed by atoms with Gasteiger partial charge in [-0.15, -0.1) is 0 Å². The van der Waals surface area contributed by atoms with Gasteiger partial charge in [0.05, 0.1) is 14.2 Å². The molecule has 0 bridgehead atoms. The molecule has 0 fully saturated rings. The number of halogens is 1. The highest BCUT2D eigenvalue weighted by Gasteiger charge is 2.08. The van der Waals surface area contributed by atoms with Crippen molar-refractivity contribution in [1.82, 2.24) is 0 Å². The Balaban J connectivity index is 3.26. The van der Waals surface area contributed by atoms with Gasteiger partial charge in [0.25, 0.3) is 0 Å². The van der Waals surface area contributed by atoms with Crippen LogP contribution in [0.1, 0.15) is 5.56 Å². The van der Waals surface area contributed by atoms with Crippen molar-refractivity contribution < 1.29 is 13.9 Å². The molecule has 1 aromatic carbocycles. The van der Waals surface area contributed by atoms with E-state index in [1.165, 1.54) is 26.4 Å². The first kappa shape index (κ1) is 9.58. The summed E-state index contributed by atoms with van der Waals surface area (Å²) in [5.41, 5.74) is 0.401. The molecule has 13 heavy (non-hydrogen) atoms. The minimum Gasteiger partial charge on any atom is -0.493 e. The average Bonchev–Trinajstić information content (AvgIpc) is 2.17. The molecular formula is C10H11FO2. The maximum absolute atomic E-state index is 13.1. The third kappa shape index (κ3) is 1.80. The van der Waals surface area contributed by atoms with Crippen molar-refractivity contribution in [3.63, 3.8) is 0 Å². The van der Waals surface area contributed by atoms with Gasteiger partial charge in [0.15, 0.2) is 11.5 Å². The lowest BCUT2D eigenvalue weighted by molar-refractivity contribution is 0.352. The smallest absolute Gasteiger partial charge is 0.163 e. The Morgan fingerprint density at radius 3 is 2.23 bits per heavy atom. The van der Waals surface area contributed by atoms with Crippen LogP contribution in [0.25, 0.3) is 6.08 Å². The number of hydrogen-bond acceptors (Lipinski definition) is 2. The monoisotopic (exact) mass is 182 g/mol. The van der Waals surface area contributed by atoms with Crippen molar-refractivity contribution in [3.8, 4) is 11.5 Å². The minimum absolute atomic E-state index is 0.368. The summed E-state index contributed by atoms with van der Waals surface area (Å²) < 4.78 is 23.1. The van der Waals surface area contributed by atoms with Gasteiger partial charge in [-0.3, -0.25) is 0 Å². The summed E-state index contributed by atoms with van der Waals surface area (Å²) in [4.78, 5) is 0. The van der Waals surface area contributed by atoms with E-state index >= 15 is 0 Å². The quantitative estimate of drug-likeness (QED) is 0.715. The van der Waals surface area contributed by atoms with Crippen LogP contribution in [-0.2, 0) is 0 Å². The Labute approximate surface area is 76.6 Å². The van der Waals surface area contributed by atoms with E-state index in [1.807, 2.05) is 0 Å². The molecule has 0 unspecified atom stereocenters. The lowest BCUT2D eigenvalue weighted by Crippen LogP contribution is -1.93. The van der Waals surface area contributed by atoms with E-state index in [-0.39, 0.29) is 5.82 Å². The topological polar surface area (TPSA) is 18.5 Å². The van der Waals surface area contributed by atoms with Gasteiger partial charge < -0.3 is 9.47 Å². The summed E-state index contributed by atoms with van der Waals surface area (Å²) in [5, 5.41) is 0. The number of methoxy groups -OCH3 is 2. The van der Waals surface area contributed by atoms with Gasteiger partial charge in [-0.05, 0) is 6.07 Å². The third-order valence-electron chi connectivity index (χ3n) is 1.72. The molecule has 0 heterocycles. The molecule has 0 aliphatic heterocycles. The third-order valence-corrected chi connectivity index (χ3v) is 1.72. The van der Waals surface area contributed by atoms with E-state index in [9.17, 15) is 4.39 Å². The molecule has 0 amide bonds. The molecule has 0 aliphatic rings. The SMILES string of the molecule is C=Cc1cc(OC)c(OC)cc1F. The van der Waals surface area contributed by atoms with Crippen molar-refractivity contribution >= 4 is 6.08 Å². The average molecular weight is 182 g/mol. The predicted molar refractivity (Wildman–Crippen MR) is 49.6 cm³/mol. The zero-order valence-electron chi connectivity index (χ0n) is 7.63. The Hall–Kier alpha value is -1.51. The molecule has 0 atom stereocenters. The number of hydrogen-bond donors (Lipinski definition) is 0. The fourth-order valence-electron chi connectivity index (χ4n) is 1.03. The van der Waals surface area contributed by atoms with Crippen LogP contribution >= 0.6 is 0 Å². The number of ether oxygens (including phenoxy) is 2. The second-order valence-corrected chi connectivity index (χ2v) is 2.43. The first-order valence-corrected chi connectivity index (χ1v) is 3.77. The van der Waals surface area contributed by atoms with Crippen LogP contribution < -0.4 is 9.47 Å². The Morgan fingerprint density at radius 1 is 1.23 bits per heavy atom. The van der Waals surface area contributed by atoms with Gasteiger partial charge in [0.1, 0.15) is 5.82 Å². The molecule has 70 valence electrons. The zero-order chi connectivity index (χ0) is 9.84. The molecule has 0 spiro atoms. The molecule has 3 heteroatoms.